The van der Waals surface area contributed by atoms with Crippen molar-refractivity contribution in [3.8, 4) is 0 Å². The highest BCUT2D eigenvalue weighted by molar-refractivity contribution is 7.79. The zero-order chi connectivity index (χ0) is 20.3. The SMILES string of the molecule is CC(C)CCCCCCCOCCCCCCCC(C)C.O=S(=O)([O-])[O-].[NH4+].[NH4+]. The lowest BCUT2D eigenvalue weighted by molar-refractivity contribution is 0.125. The molecule has 0 radical (unpaired) electrons. The Hall–Kier alpha value is -0.250. The van der Waals surface area contributed by atoms with E-state index in [1.165, 1.54) is 77.0 Å². The molecule has 28 heavy (non-hydrogen) atoms. The third kappa shape index (κ3) is 50.1. The molecule has 0 saturated carbocycles. The third-order valence-corrected chi connectivity index (χ3v) is 4.14. The Kier molecular flexibility index (Phi) is 31.2. The molecule has 0 atom stereocenters. The van der Waals surface area contributed by atoms with Crippen LogP contribution in [0.5, 0.6) is 0 Å². The molecule has 0 aromatic heterocycles. The van der Waals surface area contributed by atoms with Gasteiger partial charge in [-0.3, -0.25) is 8.42 Å². The summed E-state index contributed by atoms with van der Waals surface area (Å²) in [7, 11) is -5.17. The zero-order valence-corrected chi connectivity index (χ0v) is 20.3. The van der Waals surface area contributed by atoms with Crippen LogP contribution in [0.3, 0.4) is 0 Å². The second-order valence-electron chi connectivity index (χ2n) is 7.92. The second kappa shape index (κ2) is 24.8. The summed E-state index contributed by atoms with van der Waals surface area (Å²) < 4.78 is 39.8. The Morgan fingerprint density at radius 3 is 1.14 bits per heavy atom. The van der Waals surface area contributed by atoms with Crippen molar-refractivity contribution in [2.75, 3.05) is 13.2 Å². The molecule has 176 valence electrons. The number of ether oxygens (including phenoxy) is 1. The molecule has 0 aliphatic rings. The fourth-order valence-electron chi connectivity index (χ4n) is 2.68. The van der Waals surface area contributed by atoms with Crippen LogP contribution < -0.4 is 12.3 Å². The van der Waals surface area contributed by atoms with Crippen LogP contribution in [0.25, 0.3) is 0 Å². The first kappa shape index (κ1) is 35.2. The number of unbranched alkanes of at least 4 members (excludes halogenated alkanes) is 8. The Labute approximate surface area is 175 Å². The molecule has 7 nitrogen and oxygen atoms in total. The van der Waals surface area contributed by atoms with E-state index in [-0.39, 0.29) is 12.3 Å². The Balaban J connectivity index is -0.000000364. The summed E-state index contributed by atoms with van der Waals surface area (Å²) in [5.74, 6) is 1.75. The van der Waals surface area contributed by atoms with Gasteiger partial charge in [-0.2, -0.15) is 0 Å². The van der Waals surface area contributed by atoms with Gasteiger partial charge in [0.1, 0.15) is 0 Å². The maximum Gasteiger partial charge on any atom is 0.0466 e. The van der Waals surface area contributed by atoms with Gasteiger partial charge < -0.3 is 26.1 Å². The maximum atomic E-state index is 8.52. The van der Waals surface area contributed by atoms with Crippen LogP contribution in [0.15, 0.2) is 0 Å². The van der Waals surface area contributed by atoms with E-state index < -0.39 is 10.4 Å². The first-order valence-electron chi connectivity index (χ1n) is 10.4. The molecule has 0 rings (SSSR count). The van der Waals surface area contributed by atoms with Crippen LogP contribution in [-0.2, 0) is 15.1 Å². The maximum absolute atomic E-state index is 8.52. The molecule has 8 heteroatoms. The summed E-state index contributed by atoms with van der Waals surface area (Å²) in [6.45, 7) is 11.2. The molecule has 0 spiro atoms. The van der Waals surface area contributed by atoms with Gasteiger partial charge in [0.15, 0.2) is 0 Å². The van der Waals surface area contributed by atoms with Gasteiger partial charge in [0.25, 0.3) is 0 Å². The minimum absolute atomic E-state index is 0. The second-order valence-corrected chi connectivity index (χ2v) is 8.74. The molecule has 0 aromatic rings. The van der Waals surface area contributed by atoms with E-state index in [2.05, 4.69) is 27.7 Å². The smallest absolute Gasteiger partial charge is 0.0466 e. The molecule has 0 saturated heterocycles. The number of hydrogen-bond donors (Lipinski definition) is 2. The molecule has 0 aliphatic carbocycles. The van der Waals surface area contributed by atoms with E-state index in [0.717, 1.165) is 25.0 Å². The lowest BCUT2D eigenvalue weighted by atomic mass is 10.0. The molecule has 0 aromatic carbocycles. The predicted molar refractivity (Wildman–Crippen MR) is 118 cm³/mol. The zero-order valence-electron chi connectivity index (χ0n) is 19.5. The lowest BCUT2D eigenvalue weighted by Gasteiger charge is -2.06. The molecular weight excluding hydrogens is 380 g/mol. The van der Waals surface area contributed by atoms with Gasteiger partial charge in [-0.25, -0.2) is 0 Å². The fourth-order valence-corrected chi connectivity index (χ4v) is 2.68. The van der Waals surface area contributed by atoms with Crippen molar-refractivity contribution in [3.63, 3.8) is 0 Å². The average Bonchev–Trinajstić information content (AvgIpc) is 2.49. The standard InChI is InChI=1S/C20H42O.2H3N.H2O4S/c1-19(2)15-11-7-5-9-13-17-21-18-14-10-6-8-12-16-20(3)4;;;1-5(2,3)4/h19-20H,5-18H2,1-4H3;2*1H3;(H2,1,2,3,4). The van der Waals surface area contributed by atoms with Crippen LogP contribution in [-0.4, -0.2) is 30.7 Å². The first-order chi connectivity index (χ1) is 12.1. The van der Waals surface area contributed by atoms with Crippen molar-refractivity contribution in [2.45, 2.75) is 105 Å². The summed E-state index contributed by atoms with van der Waals surface area (Å²) in [4.78, 5) is 0. The summed E-state index contributed by atoms with van der Waals surface area (Å²) in [5.41, 5.74) is 0. The molecule has 0 amide bonds. The Morgan fingerprint density at radius 2 is 0.857 bits per heavy atom. The van der Waals surface area contributed by atoms with Gasteiger partial charge >= 0.3 is 0 Å². The number of quaternary nitrogens is 2. The quantitative estimate of drug-likeness (QED) is 0.164. The van der Waals surface area contributed by atoms with Crippen molar-refractivity contribution in [2.24, 2.45) is 11.8 Å². The number of hydrogen-bond acceptors (Lipinski definition) is 5. The summed E-state index contributed by atoms with van der Waals surface area (Å²) >= 11 is 0. The topological polar surface area (TPSA) is 162 Å². The molecule has 8 N–H and O–H groups in total. The van der Waals surface area contributed by atoms with E-state index >= 15 is 0 Å². The summed E-state index contributed by atoms with van der Waals surface area (Å²) in [5, 5.41) is 0. The molecular formula is C20H50N2O5S. The van der Waals surface area contributed by atoms with Gasteiger partial charge in [-0.15, -0.1) is 0 Å². The molecule has 0 aliphatic heterocycles. The average molecular weight is 431 g/mol. The largest absolute Gasteiger partial charge is 0.759 e. The van der Waals surface area contributed by atoms with Gasteiger partial charge in [0.05, 0.1) is 0 Å². The van der Waals surface area contributed by atoms with E-state index in [1.807, 2.05) is 0 Å². The first-order valence-corrected chi connectivity index (χ1v) is 11.7. The van der Waals surface area contributed by atoms with E-state index in [1.54, 1.807) is 0 Å². The van der Waals surface area contributed by atoms with Gasteiger partial charge in [0.2, 0.25) is 0 Å². The van der Waals surface area contributed by atoms with Crippen molar-refractivity contribution >= 4 is 10.4 Å². The highest BCUT2D eigenvalue weighted by Crippen LogP contribution is 2.11. The Morgan fingerprint density at radius 1 is 0.607 bits per heavy atom. The minimum atomic E-state index is -5.17. The highest BCUT2D eigenvalue weighted by atomic mass is 32.3. The Bertz CT molecular complexity index is 349. The molecule has 0 unspecified atom stereocenters. The van der Waals surface area contributed by atoms with Crippen molar-refractivity contribution in [3.05, 3.63) is 0 Å². The molecule has 0 fully saturated rings. The van der Waals surface area contributed by atoms with Crippen LogP contribution in [0.1, 0.15) is 105 Å². The van der Waals surface area contributed by atoms with Gasteiger partial charge in [-0.1, -0.05) is 91.9 Å². The van der Waals surface area contributed by atoms with Crippen molar-refractivity contribution in [1.29, 1.82) is 0 Å². The molecule has 0 bridgehead atoms. The monoisotopic (exact) mass is 430 g/mol. The third-order valence-electron chi connectivity index (χ3n) is 4.14. The summed E-state index contributed by atoms with van der Waals surface area (Å²) in [6.07, 6.45) is 16.5. The predicted octanol–water partition coefficient (Wildman–Crippen LogP) is 6.41. The van der Waals surface area contributed by atoms with Crippen LogP contribution in [0, 0.1) is 11.8 Å². The van der Waals surface area contributed by atoms with E-state index in [9.17, 15) is 0 Å². The van der Waals surface area contributed by atoms with Crippen LogP contribution in [0.4, 0.5) is 0 Å². The van der Waals surface area contributed by atoms with Crippen molar-refractivity contribution in [1.82, 2.24) is 12.3 Å². The molecule has 0 heterocycles. The number of rotatable bonds is 16. The van der Waals surface area contributed by atoms with Gasteiger partial charge in [-0.05, 0) is 24.7 Å². The lowest BCUT2D eigenvalue weighted by Crippen LogP contribution is -1.97. The van der Waals surface area contributed by atoms with Crippen LogP contribution >= 0.6 is 0 Å². The van der Waals surface area contributed by atoms with Crippen molar-refractivity contribution < 1.29 is 22.3 Å². The van der Waals surface area contributed by atoms with Crippen LogP contribution in [0.2, 0.25) is 0 Å². The van der Waals surface area contributed by atoms with E-state index in [4.69, 9.17) is 22.3 Å². The highest BCUT2D eigenvalue weighted by Gasteiger charge is 1.96. The minimum Gasteiger partial charge on any atom is -0.759 e. The van der Waals surface area contributed by atoms with E-state index in [0.29, 0.717) is 0 Å². The fraction of sp³-hybridized carbons (Fsp3) is 1.00. The summed E-state index contributed by atoms with van der Waals surface area (Å²) in [6, 6.07) is 0. The van der Waals surface area contributed by atoms with Gasteiger partial charge in [0, 0.05) is 23.6 Å². The normalized spacial score (nSPS) is 10.9.